The van der Waals surface area contributed by atoms with Crippen LogP contribution in [0.2, 0.25) is 0 Å². The molecule has 2 N–H and O–H groups in total. The molecule has 0 radical (unpaired) electrons. The minimum absolute atomic E-state index is 0.102. The summed E-state index contributed by atoms with van der Waals surface area (Å²) in [7, 11) is -2.32. The van der Waals surface area contributed by atoms with E-state index in [4.69, 9.17) is 9.15 Å². The summed E-state index contributed by atoms with van der Waals surface area (Å²) in [4.78, 5) is 24.6. The lowest BCUT2D eigenvalue weighted by Gasteiger charge is -2.17. The summed E-state index contributed by atoms with van der Waals surface area (Å²) in [5.41, 5.74) is 1.81. The molecule has 1 atom stereocenters. The average molecular weight is 471 g/mol. The fourth-order valence-electron chi connectivity index (χ4n) is 3.30. The van der Waals surface area contributed by atoms with Gasteiger partial charge >= 0.3 is 11.8 Å². The fourth-order valence-corrected chi connectivity index (χ4v) is 4.88. The Hall–Kier alpha value is -3.59. The second-order valence-electron chi connectivity index (χ2n) is 7.39. The predicted octanol–water partition coefficient (Wildman–Crippen LogP) is 2.59. The molecule has 1 aromatic heterocycles. The molecule has 2 aromatic carbocycles. The standard InChI is InChI=1S/C24H26N2O6S/c1-17-9-11-19(12-10-17)33(29,30)22(21-8-5-15-32-21)16-26-24(28)23(27)25-14-13-18-6-3-4-7-20(18)31-2/h3-12,15,22H,13-14,16H2,1-2H3,(H,25,27)(H,26,28)/t22-/m1/s1. The summed E-state index contributed by atoms with van der Waals surface area (Å²) in [5, 5.41) is 3.77. The third-order valence-electron chi connectivity index (χ3n) is 5.11. The molecule has 8 nitrogen and oxygen atoms in total. The van der Waals surface area contributed by atoms with Crippen molar-refractivity contribution in [2.75, 3.05) is 20.2 Å². The van der Waals surface area contributed by atoms with Gasteiger partial charge in [0.2, 0.25) is 0 Å². The van der Waals surface area contributed by atoms with Crippen LogP contribution in [0.15, 0.2) is 76.2 Å². The van der Waals surface area contributed by atoms with Crippen LogP contribution in [-0.4, -0.2) is 40.4 Å². The van der Waals surface area contributed by atoms with Crippen LogP contribution in [0.25, 0.3) is 0 Å². The lowest BCUT2D eigenvalue weighted by molar-refractivity contribution is -0.139. The molecule has 0 saturated heterocycles. The van der Waals surface area contributed by atoms with Gasteiger partial charge in [0, 0.05) is 13.1 Å². The zero-order chi connectivity index (χ0) is 23.8. The summed E-state index contributed by atoms with van der Waals surface area (Å²) in [6.45, 7) is 1.76. The number of furan rings is 1. The Kier molecular flexibility index (Phi) is 7.89. The second kappa shape index (κ2) is 10.8. The van der Waals surface area contributed by atoms with Crippen LogP contribution in [-0.2, 0) is 25.8 Å². The van der Waals surface area contributed by atoms with Gasteiger partial charge in [-0.1, -0.05) is 35.9 Å². The number of sulfone groups is 1. The Morgan fingerprint density at radius 2 is 1.67 bits per heavy atom. The molecule has 3 rings (SSSR count). The van der Waals surface area contributed by atoms with E-state index < -0.39 is 26.9 Å². The molecule has 0 aliphatic rings. The number of carbonyl (C=O) groups is 2. The summed E-state index contributed by atoms with van der Waals surface area (Å²) in [6, 6.07) is 16.9. The third kappa shape index (κ3) is 6.01. The summed E-state index contributed by atoms with van der Waals surface area (Å²) in [6.07, 6.45) is 1.83. The average Bonchev–Trinajstić information content (AvgIpc) is 3.34. The maximum Gasteiger partial charge on any atom is 0.309 e. The van der Waals surface area contributed by atoms with Crippen molar-refractivity contribution in [2.45, 2.75) is 23.5 Å². The first kappa shape index (κ1) is 24.1. The van der Waals surface area contributed by atoms with E-state index in [1.807, 2.05) is 31.2 Å². The van der Waals surface area contributed by atoms with Crippen molar-refractivity contribution in [3.05, 3.63) is 83.8 Å². The van der Waals surface area contributed by atoms with E-state index in [0.29, 0.717) is 12.2 Å². The molecule has 9 heteroatoms. The van der Waals surface area contributed by atoms with Crippen LogP contribution < -0.4 is 15.4 Å². The Bertz CT molecular complexity index is 1190. The van der Waals surface area contributed by atoms with E-state index in [1.165, 1.54) is 24.5 Å². The van der Waals surface area contributed by atoms with Crippen molar-refractivity contribution >= 4 is 21.7 Å². The minimum Gasteiger partial charge on any atom is -0.496 e. The van der Waals surface area contributed by atoms with Gasteiger partial charge in [0.15, 0.2) is 9.84 Å². The van der Waals surface area contributed by atoms with Crippen LogP contribution >= 0.6 is 0 Å². The SMILES string of the molecule is COc1ccccc1CCNC(=O)C(=O)NC[C@H](c1ccco1)S(=O)(=O)c1ccc(C)cc1. The maximum atomic E-state index is 13.2. The maximum absolute atomic E-state index is 13.2. The number of ether oxygens (including phenoxy) is 1. The Labute approximate surface area is 192 Å². The zero-order valence-corrected chi connectivity index (χ0v) is 19.2. The van der Waals surface area contributed by atoms with Crippen molar-refractivity contribution in [3.63, 3.8) is 0 Å². The van der Waals surface area contributed by atoms with Crippen molar-refractivity contribution in [2.24, 2.45) is 0 Å². The van der Waals surface area contributed by atoms with Gasteiger partial charge in [-0.2, -0.15) is 0 Å². The lowest BCUT2D eigenvalue weighted by atomic mass is 10.1. The molecular weight excluding hydrogens is 444 g/mol. The fraction of sp³-hybridized carbons (Fsp3) is 0.250. The number of methoxy groups -OCH3 is 1. The third-order valence-corrected chi connectivity index (χ3v) is 7.19. The smallest absolute Gasteiger partial charge is 0.309 e. The quantitative estimate of drug-likeness (QED) is 0.465. The van der Waals surface area contributed by atoms with Gasteiger partial charge in [-0.15, -0.1) is 0 Å². The topological polar surface area (TPSA) is 115 Å². The van der Waals surface area contributed by atoms with E-state index in [-0.39, 0.29) is 23.7 Å². The van der Waals surface area contributed by atoms with Crippen LogP contribution in [0.5, 0.6) is 5.75 Å². The van der Waals surface area contributed by atoms with Gasteiger partial charge < -0.3 is 19.8 Å². The molecule has 0 saturated carbocycles. The number of amides is 2. The summed E-state index contributed by atoms with van der Waals surface area (Å²) in [5.74, 6) is -0.909. The van der Waals surface area contributed by atoms with Crippen LogP contribution in [0.1, 0.15) is 22.1 Å². The molecule has 0 fully saturated rings. The van der Waals surface area contributed by atoms with Crippen molar-refractivity contribution in [1.82, 2.24) is 10.6 Å². The number of rotatable bonds is 9. The Balaban J connectivity index is 1.62. The molecule has 2 amide bonds. The monoisotopic (exact) mass is 470 g/mol. The number of hydrogen-bond donors (Lipinski definition) is 2. The largest absolute Gasteiger partial charge is 0.496 e. The highest BCUT2D eigenvalue weighted by Gasteiger charge is 2.32. The highest BCUT2D eigenvalue weighted by molar-refractivity contribution is 7.91. The molecule has 3 aromatic rings. The van der Waals surface area contributed by atoms with Gasteiger partial charge in [-0.25, -0.2) is 8.42 Å². The number of benzene rings is 2. The number of carbonyl (C=O) groups excluding carboxylic acids is 2. The van der Waals surface area contributed by atoms with Crippen LogP contribution in [0, 0.1) is 6.92 Å². The number of hydrogen-bond acceptors (Lipinski definition) is 6. The highest BCUT2D eigenvalue weighted by atomic mass is 32.2. The van der Waals surface area contributed by atoms with Gasteiger partial charge in [0.05, 0.1) is 18.3 Å². The van der Waals surface area contributed by atoms with E-state index in [0.717, 1.165) is 11.1 Å². The van der Waals surface area contributed by atoms with Crippen molar-refractivity contribution in [3.8, 4) is 5.75 Å². The molecule has 0 aliphatic carbocycles. The summed E-state index contributed by atoms with van der Waals surface area (Å²) < 4.78 is 37.0. The second-order valence-corrected chi connectivity index (χ2v) is 9.52. The van der Waals surface area contributed by atoms with E-state index in [9.17, 15) is 18.0 Å². The van der Waals surface area contributed by atoms with Gasteiger partial charge in [-0.3, -0.25) is 9.59 Å². The Morgan fingerprint density at radius 1 is 0.970 bits per heavy atom. The molecule has 174 valence electrons. The van der Waals surface area contributed by atoms with E-state index in [1.54, 1.807) is 25.3 Å². The van der Waals surface area contributed by atoms with Crippen molar-refractivity contribution < 1.29 is 27.2 Å². The lowest BCUT2D eigenvalue weighted by Crippen LogP contribution is -2.42. The van der Waals surface area contributed by atoms with Gasteiger partial charge in [0.25, 0.3) is 0 Å². The molecule has 0 bridgehead atoms. The van der Waals surface area contributed by atoms with Gasteiger partial charge in [0.1, 0.15) is 16.8 Å². The van der Waals surface area contributed by atoms with Gasteiger partial charge in [-0.05, 0) is 49.2 Å². The molecule has 1 heterocycles. The molecule has 0 spiro atoms. The number of aryl methyl sites for hydroxylation is 1. The first-order valence-electron chi connectivity index (χ1n) is 10.3. The number of nitrogens with one attached hydrogen (secondary N) is 2. The van der Waals surface area contributed by atoms with Crippen molar-refractivity contribution in [1.29, 1.82) is 0 Å². The van der Waals surface area contributed by atoms with E-state index in [2.05, 4.69) is 10.6 Å². The summed E-state index contributed by atoms with van der Waals surface area (Å²) >= 11 is 0. The molecule has 33 heavy (non-hydrogen) atoms. The first-order chi connectivity index (χ1) is 15.8. The highest BCUT2D eigenvalue weighted by Crippen LogP contribution is 2.29. The normalized spacial score (nSPS) is 12.1. The molecule has 0 aliphatic heterocycles. The Morgan fingerprint density at radius 3 is 2.33 bits per heavy atom. The van der Waals surface area contributed by atoms with Crippen LogP contribution in [0.3, 0.4) is 0 Å². The van der Waals surface area contributed by atoms with Crippen LogP contribution in [0.4, 0.5) is 0 Å². The number of para-hydroxylation sites is 1. The first-order valence-corrected chi connectivity index (χ1v) is 11.9. The van der Waals surface area contributed by atoms with E-state index >= 15 is 0 Å². The molecular formula is C24H26N2O6S. The predicted molar refractivity (Wildman–Crippen MR) is 123 cm³/mol. The minimum atomic E-state index is -3.88. The molecule has 0 unspecified atom stereocenters. The zero-order valence-electron chi connectivity index (χ0n) is 18.4.